The van der Waals surface area contributed by atoms with Gasteiger partial charge in [0, 0.05) is 13.0 Å². The molecule has 16 heavy (non-hydrogen) atoms. The van der Waals surface area contributed by atoms with Crippen LogP contribution >= 0.6 is 0 Å². The Morgan fingerprint density at radius 2 is 1.88 bits per heavy atom. The molecule has 0 aliphatic heterocycles. The zero-order valence-corrected chi connectivity index (χ0v) is 9.45. The molecule has 0 aliphatic carbocycles. The maximum atomic E-state index is 9.48. The second kappa shape index (κ2) is 7.58. The first-order valence-corrected chi connectivity index (χ1v) is 5.73. The van der Waals surface area contributed by atoms with E-state index < -0.39 is 0 Å². The molecule has 86 valence electrons. The molecule has 1 rings (SSSR count). The minimum Gasteiger partial charge on any atom is -0.506 e. The fraction of sp³-hybridized carbons (Fsp3) is 0.462. The number of hydrogen-bond acceptors (Lipinski definition) is 3. The Morgan fingerprint density at radius 1 is 1.12 bits per heavy atom. The van der Waals surface area contributed by atoms with Crippen LogP contribution in [0.5, 0.6) is 5.75 Å². The van der Waals surface area contributed by atoms with Gasteiger partial charge in [-0.3, -0.25) is 0 Å². The number of unbranched alkanes of at least 4 members (excludes halogenated alkanes) is 4. The third-order valence-corrected chi connectivity index (χ3v) is 2.43. The van der Waals surface area contributed by atoms with Crippen LogP contribution in [0, 0.1) is 11.3 Å². The van der Waals surface area contributed by atoms with Crippen LogP contribution in [0.15, 0.2) is 24.3 Å². The lowest BCUT2D eigenvalue weighted by Gasteiger charge is -2.07. The van der Waals surface area contributed by atoms with E-state index in [-0.39, 0.29) is 0 Å². The van der Waals surface area contributed by atoms with E-state index in [2.05, 4.69) is 11.4 Å². The monoisotopic (exact) mass is 218 g/mol. The van der Waals surface area contributed by atoms with E-state index in [0.29, 0.717) is 12.2 Å². The summed E-state index contributed by atoms with van der Waals surface area (Å²) < 4.78 is 0. The van der Waals surface area contributed by atoms with Crippen LogP contribution in [0.3, 0.4) is 0 Å². The highest BCUT2D eigenvalue weighted by Gasteiger charge is 1.97. The highest BCUT2D eigenvalue weighted by molar-refractivity contribution is 5.54. The molecule has 3 heteroatoms. The van der Waals surface area contributed by atoms with Gasteiger partial charge in [-0.25, -0.2) is 0 Å². The van der Waals surface area contributed by atoms with Crippen LogP contribution < -0.4 is 5.32 Å². The SMILES string of the molecule is N#CCCCCCCNc1ccccc1O. The molecule has 0 atom stereocenters. The Bertz CT molecular complexity index is 344. The molecule has 0 bridgehead atoms. The molecule has 0 saturated heterocycles. The van der Waals surface area contributed by atoms with E-state index in [4.69, 9.17) is 5.26 Å². The van der Waals surface area contributed by atoms with E-state index in [9.17, 15) is 5.11 Å². The van der Waals surface area contributed by atoms with E-state index in [1.165, 1.54) is 0 Å². The van der Waals surface area contributed by atoms with E-state index in [0.717, 1.165) is 37.9 Å². The summed E-state index contributed by atoms with van der Waals surface area (Å²) in [5, 5.41) is 21.0. The second-order valence-electron chi connectivity index (χ2n) is 3.77. The molecular formula is C13H18N2O. The summed E-state index contributed by atoms with van der Waals surface area (Å²) in [6.45, 7) is 0.865. The summed E-state index contributed by atoms with van der Waals surface area (Å²) in [6.07, 6.45) is 4.96. The summed E-state index contributed by atoms with van der Waals surface area (Å²) >= 11 is 0. The molecule has 1 aromatic carbocycles. The van der Waals surface area contributed by atoms with Gasteiger partial charge in [0.05, 0.1) is 11.8 Å². The predicted molar refractivity (Wildman–Crippen MR) is 65.3 cm³/mol. The van der Waals surface area contributed by atoms with Gasteiger partial charge in [-0.05, 0) is 25.0 Å². The van der Waals surface area contributed by atoms with Crippen molar-refractivity contribution in [3.8, 4) is 11.8 Å². The van der Waals surface area contributed by atoms with Crippen LogP contribution in [0.4, 0.5) is 5.69 Å². The highest BCUT2D eigenvalue weighted by Crippen LogP contribution is 2.21. The van der Waals surface area contributed by atoms with Crippen molar-refractivity contribution < 1.29 is 5.11 Å². The number of benzene rings is 1. The van der Waals surface area contributed by atoms with Crippen molar-refractivity contribution >= 4 is 5.69 Å². The van der Waals surface area contributed by atoms with Gasteiger partial charge in [0.2, 0.25) is 0 Å². The number of rotatable bonds is 7. The predicted octanol–water partition coefficient (Wildman–Crippen LogP) is 3.28. The van der Waals surface area contributed by atoms with Crippen molar-refractivity contribution in [2.45, 2.75) is 32.1 Å². The molecule has 2 N–H and O–H groups in total. The third-order valence-electron chi connectivity index (χ3n) is 2.43. The minimum atomic E-state index is 0.298. The van der Waals surface area contributed by atoms with Gasteiger partial charge in [0.1, 0.15) is 5.75 Å². The average molecular weight is 218 g/mol. The van der Waals surface area contributed by atoms with Gasteiger partial charge in [0.25, 0.3) is 0 Å². The van der Waals surface area contributed by atoms with Crippen molar-refractivity contribution in [1.29, 1.82) is 5.26 Å². The number of aromatic hydroxyl groups is 1. The zero-order chi connectivity index (χ0) is 11.6. The van der Waals surface area contributed by atoms with Crippen LogP contribution in [0.1, 0.15) is 32.1 Å². The average Bonchev–Trinajstić information content (AvgIpc) is 2.30. The summed E-state index contributed by atoms with van der Waals surface area (Å²) in [6, 6.07) is 9.39. The number of para-hydroxylation sites is 2. The molecule has 0 fully saturated rings. The highest BCUT2D eigenvalue weighted by atomic mass is 16.3. The van der Waals surface area contributed by atoms with Crippen molar-refractivity contribution in [1.82, 2.24) is 0 Å². The molecule has 3 nitrogen and oxygen atoms in total. The number of nitriles is 1. The first-order valence-electron chi connectivity index (χ1n) is 5.73. The molecule has 0 spiro atoms. The third kappa shape index (κ3) is 4.70. The fourth-order valence-corrected chi connectivity index (χ4v) is 1.53. The first-order chi connectivity index (χ1) is 7.84. The molecule has 0 aliphatic rings. The second-order valence-corrected chi connectivity index (χ2v) is 3.77. The number of phenolic OH excluding ortho intramolecular Hbond substituents is 1. The van der Waals surface area contributed by atoms with Gasteiger partial charge in [-0.2, -0.15) is 5.26 Å². The van der Waals surface area contributed by atoms with E-state index in [1.807, 2.05) is 18.2 Å². The normalized spacial score (nSPS) is 9.69. The summed E-state index contributed by atoms with van der Waals surface area (Å²) in [7, 11) is 0. The van der Waals surface area contributed by atoms with Gasteiger partial charge in [0.15, 0.2) is 0 Å². The summed E-state index contributed by atoms with van der Waals surface area (Å²) in [4.78, 5) is 0. The lowest BCUT2D eigenvalue weighted by Crippen LogP contribution is -2.01. The quantitative estimate of drug-likeness (QED) is 0.545. The molecule has 1 aromatic rings. The molecule has 0 aromatic heterocycles. The smallest absolute Gasteiger partial charge is 0.138 e. The molecule has 0 radical (unpaired) electrons. The standard InChI is InChI=1S/C13H18N2O/c14-10-6-2-1-3-7-11-15-12-8-4-5-9-13(12)16/h4-5,8-9,15-16H,1-3,6-7,11H2. The number of anilines is 1. The van der Waals surface area contributed by atoms with Crippen molar-refractivity contribution in [2.75, 3.05) is 11.9 Å². The van der Waals surface area contributed by atoms with E-state index >= 15 is 0 Å². The molecule has 0 unspecified atom stereocenters. The minimum absolute atomic E-state index is 0.298. The van der Waals surface area contributed by atoms with Crippen molar-refractivity contribution in [3.63, 3.8) is 0 Å². The van der Waals surface area contributed by atoms with E-state index in [1.54, 1.807) is 6.07 Å². The molecule has 0 saturated carbocycles. The number of nitrogens with one attached hydrogen (secondary N) is 1. The van der Waals surface area contributed by atoms with Crippen LogP contribution in [0.25, 0.3) is 0 Å². The Morgan fingerprint density at radius 3 is 2.62 bits per heavy atom. The number of hydrogen-bond donors (Lipinski definition) is 2. The zero-order valence-electron chi connectivity index (χ0n) is 9.45. The van der Waals surface area contributed by atoms with Crippen LogP contribution in [-0.2, 0) is 0 Å². The van der Waals surface area contributed by atoms with Gasteiger partial charge >= 0.3 is 0 Å². The Balaban J connectivity index is 2.08. The number of phenols is 1. The number of nitrogens with zero attached hydrogens (tertiary/aromatic N) is 1. The maximum Gasteiger partial charge on any atom is 0.138 e. The first kappa shape index (κ1) is 12.4. The topological polar surface area (TPSA) is 56.0 Å². The Kier molecular flexibility index (Phi) is 5.87. The maximum absolute atomic E-state index is 9.48. The van der Waals surface area contributed by atoms with Crippen molar-refractivity contribution in [3.05, 3.63) is 24.3 Å². The summed E-state index contributed by atoms with van der Waals surface area (Å²) in [5.41, 5.74) is 0.791. The van der Waals surface area contributed by atoms with Gasteiger partial charge < -0.3 is 10.4 Å². The Hall–Kier alpha value is -1.69. The Labute approximate surface area is 96.7 Å². The van der Waals surface area contributed by atoms with Crippen molar-refractivity contribution in [2.24, 2.45) is 0 Å². The van der Waals surface area contributed by atoms with Crippen LogP contribution in [-0.4, -0.2) is 11.7 Å². The van der Waals surface area contributed by atoms with Gasteiger partial charge in [-0.1, -0.05) is 25.0 Å². The molecule has 0 amide bonds. The lowest BCUT2D eigenvalue weighted by atomic mass is 10.1. The molecule has 0 heterocycles. The summed E-state index contributed by atoms with van der Waals surface area (Å²) in [5.74, 6) is 0.298. The molecular weight excluding hydrogens is 200 g/mol. The lowest BCUT2D eigenvalue weighted by molar-refractivity contribution is 0.477. The largest absolute Gasteiger partial charge is 0.506 e. The van der Waals surface area contributed by atoms with Gasteiger partial charge in [-0.15, -0.1) is 0 Å². The fourth-order valence-electron chi connectivity index (χ4n) is 1.53. The van der Waals surface area contributed by atoms with Crippen LogP contribution in [0.2, 0.25) is 0 Å².